The van der Waals surface area contributed by atoms with Crippen molar-refractivity contribution in [3.05, 3.63) is 205 Å². The van der Waals surface area contributed by atoms with Crippen LogP contribution in [0.2, 0.25) is 0 Å². The lowest BCUT2D eigenvalue weighted by molar-refractivity contribution is 0.626. The van der Waals surface area contributed by atoms with Crippen LogP contribution in [-0.4, -0.2) is 0 Å². The number of furan rings is 1. The van der Waals surface area contributed by atoms with Gasteiger partial charge in [-0.05, 0) is 100 Å². The van der Waals surface area contributed by atoms with Gasteiger partial charge in [0, 0.05) is 10.8 Å². The van der Waals surface area contributed by atoms with E-state index in [0.29, 0.717) is 0 Å². The highest BCUT2D eigenvalue weighted by molar-refractivity contribution is 6.04. The predicted octanol–water partition coefficient (Wildman–Crippen LogP) is 18.4. The Kier molecular flexibility index (Phi) is 19.1. The molecule has 1 heteroatoms. The molecule has 308 valence electrons. The van der Waals surface area contributed by atoms with Crippen LogP contribution in [0, 0.1) is 5.92 Å². The van der Waals surface area contributed by atoms with Gasteiger partial charge in [-0.1, -0.05) is 237 Å². The third-order valence-corrected chi connectivity index (χ3v) is 10.0. The fraction of sp³-hybridized carbons (Fsp3) is 0.220. The molecule has 0 spiro atoms. The highest BCUT2D eigenvalue weighted by Gasteiger charge is 2.07. The number of hydrogen-bond acceptors (Lipinski definition) is 1. The maximum absolute atomic E-state index is 6.07. The lowest BCUT2D eigenvalue weighted by Gasteiger charge is -2.08. The maximum Gasteiger partial charge on any atom is 0.135 e. The van der Waals surface area contributed by atoms with Crippen molar-refractivity contribution in [3.8, 4) is 33.4 Å². The molecule has 1 aromatic heterocycles. The molecule has 0 unspecified atom stereocenters. The number of rotatable bonds is 8. The van der Waals surface area contributed by atoms with Crippen molar-refractivity contribution in [1.29, 1.82) is 0 Å². The van der Waals surface area contributed by atoms with Crippen LogP contribution in [0.4, 0.5) is 0 Å². The molecule has 8 aromatic rings. The lowest BCUT2D eigenvalue weighted by atomic mass is 9.97. The summed E-state index contributed by atoms with van der Waals surface area (Å²) < 4.78 is 6.07. The highest BCUT2D eigenvalue weighted by atomic mass is 16.3. The van der Waals surface area contributed by atoms with Gasteiger partial charge in [0.2, 0.25) is 0 Å². The van der Waals surface area contributed by atoms with Crippen LogP contribution in [0.5, 0.6) is 0 Å². The Bertz CT molecular complexity index is 2480. The standard InChI is InChI=1S/C34H26O.C15H14.C5H12.C3H8.C2H6/c1-24(14-15-25-16-21-32-31-12-5-6-13-33(31)35-34(32)22-25)29-10-7-11-30(23-29)28-19-17-27(18-20-28)26-8-3-2-4-9-26;1-12(2)13-8-10-15(11-9-13)14-6-4-3-5-7-14;1-4-5(2)3;1-3-2;1-2/h2-14,16-23H,15H2,1H3;3-11H,1H2,2H3;5H,4H2,1-3H3;3H2,1-2H3;1-2H3/b24-14+;;;;. The minimum atomic E-state index is 0.870. The monoisotopic (exact) mass is 791 g/mol. The van der Waals surface area contributed by atoms with E-state index in [1.807, 2.05) is 39.0 Å². The van der Waals surface area contributed by atoms with E-state index < -0.39 is 0 Å². The Hall–Kier alpha value is -6.18. The smallest absolute Gasteiger partial charge is 0.135 e. The molecule has 1 heterocycles. The van der Waals surface area contributed by atoms with Crippen molar-refractivity contribution in [2.75, 3.05) is 0 Å². The zero-order valence-electron chi connectivity index (χ0n) is 37.6. The molecule has 0 radical (unpaired) electrons. The van der Waals surface area contributed by atoms with E-state index in [0.717, 1.165) is 29.1 Å². The molecule has 0 fully saturated rings. The SMILES string of the molecule is C/C(=C\Cc1ccc2c(c1)oc1ccccc12)c1cccc(-c2ccc(-c3ccccc3)cc2)c1.C=C(C)c1ccc(-c2ccccc2)cc1.CC.CCC.CCC(C)C. The Labute approximate surface area is 362 Å². The first-order valence-electron chi connectivity index (χ1n) is 21.8. The van der Waals surface area contributed by atoms with Gasteiger partial charge < -0.3 is 4.42 Å². The number of benzene rings is 7. The van der Waals surface area contributed by atoms with Gasteiger partial charge in [-0.25, -0.2) is 0 Å². The minimum absolute atomic E-state index is 0.870. The van der Waals surface area contributed by atoms with Crippen molar-refractivity contribution < 1.29 is 4.42 Å². The first-order chi connectivity index (χ1) is 29.2. The summed E-state index contributed by atoms with van der Waals surface area (Å²) in [6, 6.07) is 61.8. The van der Waals surface area contributed by atoms with Crippen LogP contribution < -0.4 is 0 Å². The fourth-order valence-electron chi connectivity index (χ4n) is 6.29. The summed E-state index contributed by atoms with van der Waals surface area (Å²) >= 11 is 0. The van der Waals surface area contributed by atoms with Gasteiger partial charge in [0.05, 0.1) is 0 Å². The van der Waals surface area contributed by atoms with Crippen LogP contribution in [0.25, 0.3) is 66.5 Å². The fourth-order valence-corrected chi connectivity index (χ4v) is 6.29. The topological polar surface area (TPSA) is 13.1 Å². The average Bonchev–Trinajstić information content (AvgIpc) is 3.68. The van der Waals surface area contributed by atoms with Crippen LogP contribution in [0.3, 0.4) is 0 Å². The molecular formula is C59H66O. The van der Waals surface area contributed by atoms with Gasteiger partial charge in [-0.15, -0.1) is 0 Å². The summed E-state index contributed by atoms with van der Waals surface area (Å²) in [5.41, 5.74) is 15.4. The van der Waals surface area contributed by atoms with Gasteiger partial charge in [-0.3, -0.25) is 0 Å². The molecule has 0 N–H and O–H groups in total. The maximum atomic E-state index is 6.07. The quantitative estimate of drug-likeness (QED) is 0.149. The van der Waals surface area contributed by atoms with E-state index in [-0.39, 0.29) is 0 Å². The summed E-state index contributed by atoms with van der Waals surface area (Å²) in [5.74, 6) is 0.884. The first-order valence-corrected chi connectivity index (χ1v) is 21.8. The van der Waals surface area contributed by atoms with Gasteiger partial charge in [0.15, 0.2) is 0 Å². The van der Waals surface area contributed by atoms with Gasteiger partial charge in [0.25, 0.3) is 0 Å². The molecule has 0 aliphatic rings. The molecule has 0 saturated carbocycles. The molecule has 0 bridgehead atoms. The molecule has 0 aliphatic heterocycles. The second-order valence-electron chi connectivity index (χ2n) is 15.3. The third-order valence-electron chi connectivity index (χ3n) is 10.0. The van der Waals surface area contributed by atoms with Crippen LogP contribution in [-0.2, 0) is 6.42 Å². The normalized spacial score (nSPS) is 10.6. The summed E-state index contributed by atoms with van der Waals surface area (Å²) in [6.07, 6.45) is 5.73. The molecule has 8 rings (SSSR count). The van der Waals surface area contributed by atoms with E-state index in [1.54, 1.807) is 0 Å². The highest BCUT2D eigenvalue weighted by Crippen LogP contribution is 2.31. The van der Waals surface area contributed by atoms with Crippen molar-refractivity contribution in [3.63, 3.8) is 0 Å². The van der Waals surface area contributed by atoms with Crippen LogP contribution in [0.1, 0.15) is 91.8 Å². The molecular weight excluding hydrogens is 725 g/mol. The molecule has 0 saturated heterocycles. The van der Waals surface area contributed by atoms with Gasteiger partial charge in [0.1, 0.15) is 11.2 Å². The minimum Gasteiger partial charge on any atom is -0.456 e. The van der Waals surface area contributed by atoms with Crippen molar-refractivity contribution in [2.24, 2.45) is 5.92 Å². The summed E-state index contributed by atoms with van der Waals surface area (Å²) in [5, 5.41) is 2.35. The Morgan fingerprint density at radius 2 is 0.950 bits per heavy atom. The summed E-state index contributed by atoms with van der Waals surface area (Å²) in [6.45, 7) is 23.0. The van der Waals surface area contributed by atoms with E-state index in [4.69, 9.17) is 4.42 Å². The van der Waals surface area contributed by atoms with Crippen molar-refractivity contribution >= 4 is 33.1 Å². The first kappa shape index (κ1) is 46.5. The molecule has 1 nitrogen and oxygen atoms in total. The van der Waals surface area contributed by atoms with Gasteiger partial charge in [-0.2, -0.15) is 0 Å². The van der Waals surface area contributed by atoms with Gasteiger partial charge >= 0.3 is 0 Å². The van der Waals surface area contributed by atoms with Crippen LogP contribution in [0.15, 0.2) is 193 Å². The van der Waals surface area contributed by atoms with Crippen molar-refractivity contribution in [1.82, 2.24) is 0 Å². The summed E-state index contributed by atoms with van der Waals surface area (Å²) in [4.78, 5) is 0. The largest absolute Gasteiger partial charge is 0.456 e. The summed E-state index contributed by atoms with van der Waals surface area (Å²) in [7, 11) is 0. The van der Waals surface area contributed by atoms with E-state index in [9.17, 15) is 0 Å². The lowest BCUT2D eigenvalue weighted by Crippen LogP contribution is -1.86. The predicted molar refractivity (Wildman–Crippen MR) is 267 cm³/mol. The second kappa shape index (κ2) is 24.7. The zero-order valence-corrected chi connectivity index (χ0v) is 37.6. The zero-order chi connectivity index (χ0) is 43.3. The molecule has 0 amide bonds. The van der Waals surface area contributed by atoms with E-state index in [1.165, 1.54) is 79.3 Å². The number of hydrogen-bond donors (Lipinski definition) is 0. The Morgan fingerprint density at radius 3 is 1.48 bits per heavy atom. The average molecular weight is 791 g/mol. The number of para-hydroxylation sites is 1. The molecule has 0 aliphatic carbocycles. The molecule has 60 heavy (non-hydrogen) atoms. The Balaban J connectivity index is 0.000000262. The second-order valence-corrected chi connectivity index (χ2v) is 15.3. The number of allylic oxidation sites excluding steroid dienone is 3. The molecule has 7 aromatic carbocycles. The van der Waals surface area contributed by atoms with E-state index >= 15 is 0 Å². The third kappa shape index (κ3) is 13.7. The molecule has 0 atom stereocenters. The van der Waals surface area contributed by atoms with Crippen molar-refractivity contribution in [2.45, 2.75) is 81.6 Å². The number of fused-ring (bicyclic) bond motifs is 3. The Morgan fingerprint density at radius 1 is 0.500 bits per heavy atom. The van der Waals surface area contributed by atoms with Crippen LogP contribution >= 0.6 is 0 Å². The van der Waals surface area contributed by atoms with E-state index in [2.05, 4.69) is 212 Å².